The van der Waals surface area contributed by atoms with Crippen molar-refractivity contribution in [2.45, 2.75) is 38.5 Å². The number of carbonyl (C=O) groups is 2. The van der Waals surface area contributed by atoms with Crippen molar-refractivity contribution in [3.8, 4) is 11.5 Å². The molecule has 0 spiro atoms. The van der Waals surface area contributed by atoms with Crippen LogP contribution in [0.1, 0.15) is 29.5 Å². The van der Waals surface area contributed by atoms with E-state index in [9.17, 15) is 9.59 Å². The van der Waals surface area contributed by atoms with Crippen LogP contribution in [0.15, 0.2) is 78.9 Å². The molecule has 0 N–H and O–H groups in total. The Labute approximate surface area is 206 Å². The van der Waals surface area contributed by atoms with Gasteiger partial charge in [-0.1, -0.05) is 54.6 Å². The largest absolute Gasteiger partial charge is 0.489 e. The fourth-order valence-electron chi connectivity index (χ4n) is 4.75. The molecule has 6 nitrogen and oxygen atoms in total. The predicted molar refractivity (Wildman–Crippen MR) is 133 cm³/mol. The third-order valence-corrected chi connectivity index (χ3v) is 6.71. The highest BCUT2D eigenvalue weighted by atomic mass is 16.5. The highest BCUT2D eigenvalue weighted by Crippen LogP contribution is 2.26. The minimum atomic E-state index is -0.479. The van der Waals surface area contributed by atoms with E-state index < -0.39 is 6.04 Å². The van der Waals surface area contributed by atoms with Gasteiger partial charge in [-0.3, -0.25) is 9.59 Å². The van der Waals surface area contributed by atoms with E-state index in [0.29, 0.717) is 25.3 Å². The number of carbonyl (C=O) groups excluding carboxylic acids is 2. The molecule has 180 valence electrons. The standard InChI is InChI=1S/C29H30N2O4/c32-28(21-35-26-14-12-25(13-15-26)34-20-22-8-2-1-3-9-22)31-19-24-11-5-4-10-23(24)18-27(31)29(33)30-16-6-7-17-30/h1-5,8-15,27H,6-7,16-21H2. The summed E-state index contributed by atoms with van der Waals surface area (Å²) in [6.07, 6.45) is 2.60. The zero-order valence-corrected chi connectivity index (χ0v) is 19.8. The van der Waals surface area contributed by atoms with Crippen molar-refractivity contribution < 1.29 is 19.1 Å². The molecular weight excluding hydrogens is 440 g/mol. The van der Waals surface area contributed by atoms with Crippen LogP contribution in [0.2, 0.25) is 0 Å². The van der Waals surface area contributed by atoms with Gasteiger partial charge in [-0.25, -0.2) is 0 Å². The second kappa shape index (κ2) is 10.6. The molecule has 6 heteroatoms. The number of hydrogen-bond acceptors (Lipinski definition) is 4. The number of benzene rings is 3. The summed E-state index contributed by atoms with van der Waals surface area (Å²) in [5.41, 5.74) is 3.33. The van der Waals surface area contributed by atoms with Gasteiger partial charge in [0.1, 0.15) is 24.1 Å². The Morgan fingerprint density at radius 1 is 0.771 bits per heavy atom. The van der Waals surface area contributed by atoms with Crippen LogP contribution < -0.4 is 9.47 Å². The van der Waals surface area contributed by atoms with E-state index in [-0.39, 0.29) is 18.4 Å². The molecule has 1 unspecified atom stereocenters. The number of ether oxygens (including phenoxy) is 2. The van der Waals surface area contributed by atoms with Gasteiger partial charge in [0.25, 0.3) is 5.91 Å². The molecule has 0 bridgehead atoms. The van der Waals surface area contributed by atoms with Gasteiger partial charge < -0.3 is 19.3 Å². The maximum absolute atomic E-state index is 13.3. The summed E-state index contributed by atoms with van der Waals surface area (Å²) >= 11 is 0. The van der Waals surface area contributed by atoms with Crippen molar-refractivity contribution in [1.29, 1.82) is 0 Å². The Bertz CT molecular complexity index is 1160. The van der Waals surface area contributed by atoms with Gasteiger partial charge in [0.2, 0.25) is 5.91 Å². The summed E-state index contributed by atoms with van der Waals surface area (Å²) in [5.74, 6) is 1.19. The Morgan fingerprint density at radius 2 is 1.40 bits per heavy atom. The lowest BCUT2D eigenvalue weighted by atomic mass is 9.93. The maximum Gasteiger partial charge on any atom is 0.261 e. The number of likely N-dealkylation sites (tertiary alicyclic amines) is 1. The monoisotopic (exact) mass is 470 g/mol. The number of rotatable bonds is 7. The first-order valence-corrected chi connectivity index (χ1v) is 12.2. The zero-order valence-electron chi connectivity index (χ0n) is 19.8. The van der Waals surface area contributed by atoms with E-state index in [1.165, 1.54) is 0 Å². The Balaban J connectivity index is 1.21. The summed E-state index contributed by atoms with van der Waals surface area (Å²) in [6, 6.07) is 24.8. The van der Waals surface area contributed by atoms with Crippen molar-refractivity contribution in [1.82, 2.24) is 9.80 Å². The molecule has 0 aliphatic carbocycles. The molecule has 3 aromatic rings. The summed E-state index contributed by atoms with van der Waals surface area (Å²) in [7, 11) is 0. The molecule has 0 radical (unpaired) electrons. The van der Waals surface area contributed by atoms with Gasteiger partial charge in [0, 0.05) is 26.1 Å². The van der Waals surface area contributed by atoms with E-state index in [1.807, 2.05) is 65.6 Å². The molecule has 2 aliphatic heterocycles. The molecule has 1 atom stereocenters. The zero-order chi connectivity index (χ0) is 24.0. The normalized spacial score (nSPS) is 17.1. The van der Waals surface area contributed by atoms with Crippen LogP contribution >= 0.6 is 0 Å². The summed E-state index contributed by atoms with van der Waals surface area (Å²) in [6.45, 7) is 2.34. The SMILES string of the molecule is O=C(C1Cc2ccccc2CN1C(=O)COc1ccc(OCc2ccccc2)cc1)N1CCCC1. The van der Waals surface area contributed by atoms with E-state index in [2.05, 4.69) is 6.07 Å². The molecule has 2 heterocycles. The molecule has 0 aromatic heterocycles. The Morgan fingerprint density at radius 3 is 2.11 bits per heavy atom. The lowest BCUT2D eigenvalue weighted by molar-refractivity contribution is -0.147. The van der Waals surface area contributed by atoms with Gasteiger partial charge >= 0.3 is 0 Å². The minimum absolute atomic E-state index is 0.0465. The van der Waals surface area contributed by atoms with Crippen molar-refractivity contribution in [3.05, 3.63) is 95.6 Å². The highest BCUT2D eigenvalue weighted by Gasteiger charge is 2.37. The van der Waals surface area contributed by atoms with Gasteiger partial charge in [-0.2, -0.15) is 0 Å². The third-order valence-electron chi connectivity index (χ3n) is 6.71. The van der Waals surface area contributed by atoms with Crippen LogP contribution in [0.5, 0.6) is 11.5 Å². The van der Waals surface area contributed by atoms with Crippen molar-refractivity contribution >= 4 is 11.8 Å². The average Bonchev–Trinajstić information content (AvgIpc) is 3.46. The second-order valence-corrected chi connectivity index (χ2v) is 9.08. The molecule has 3 aromatic carbocycles. The average molecular weight is 471 g/mol. The number of nitrogens with zero attached hydrogens (tertiary/aromatic N) is 2. The maximum atomic E-state index is 13.3. The molecule has 0 saturated carbocycles. The van der Waals surface area contributed by atoms with Crippen molar-refractivity contribution in [3.63, 3.8) is 0 Å². The van der Waals surface area contributed by atoms with Gasteiger partial charge in [-0.15, -0.1) is 0 Å². The summed E-state index contributed by atoms with van der Waals surface area (Å²) in [4.78, 5) is 30.1. The fraction of sp³-hybridized carbons (Fsp3) is 0.310. The fourth-order valence-corrected chi connectivity index (χ4v) is 4.75. The molecular formula is C29H30N2O4. The van der Waals surface area contributed by atoms with Crippen LogP contribution in [0, 0.1) is 0 Å². The lowest BCUT2D eigenvalue weighted by Crippen LogP contribution is -2.54. The minimum Gasteiger partial charge on any atom is -0.489 e. The highest BCUT2D eigenvalue weighted by molar-refractivity contribution is 5.89. The van der Waals surface area contributed by atoms with E-state index in [1.54, 1.807) is 17.0 Å². The van der Waals surface area contributed by atoms with Crippen molar-refractivity contribution in [2.24, 2.45) is 0 Å². The molecule has 1 saturated heterocycles. The first kappa shape index (κ1) is 23.0. The smallest absolute Gasteiger partial charge is 0.261 e. The third kappa shape index (κ3) is 5.48. The first-order valence-electron chi connectivity index (χ1n) is 12.2. The van der Waals surface area contributed by atoms with Gasteiger partial charge in [-0.05, 0) is 53.8 Å². The molecule has 2 aliphatic rings. The molecule has 5 rings (SSSR count). The molecule has 2 amide bonds. The first-order chi connectivity index (χ1) is 17.2. The Hall–Kier alpha value is -3.80. The second-order valence-electron chi connectivity index (χ2n) is 9.08. The van der Waals surface area contributed by atoms with E-state index >= 15 is 0 Å². The quantitative estimate of drug-likeness (QED) is 0.519. The number of hydrogen-bond donors (Lipinski definition) is 0. The summed E-state index contributed by atoms with van der Waals surface area (Å²) < 4.78 is 11.6. The van der Waals surface area contributed by atoms with Crippen LogP contribution in [0.4, 0.5) is 0 Å². The topological polar surface area (TPSA) is 59.1 Å². The van der Waals surface area contributed by atoms with Crippen LogP contribution in [0.3, 0.4) is 0 Å². The lowest BCUT2D eigenvalue weighted by Gasteiger charge is -2.37. The van der Waals surface area contributed by atoms with Gasteiger partial charge in [0.05, 0.1) is 0 Å². The van der Waals surface area contributed by atoms with Crippen LogP contribution in [0.25, 0.3) is 0 Å². The molecule has 35 heavy (non-hydrogen) atoms. The predicted octanol–water partition coefficient (Wildman–Crippen LogP) is 4.22. The van der Waals surface area contributed by atoms with Crippen LogP contribution in [-0.4, -0.2) is 47.4 Å². The Kier molecular flexibility index (Phi) is 6.98. The van der Waals surface area contributed by atoms with E-state index in [4.69, 9.17) is 9.47 Å². The summed E-state index contributed by atoms with van der Waals surface area (Å²) in [5, 5.41) is 0. The van der Waals surface area contributed by atoms with E-state index in [0.717, 1.165) is 48.4 Å². The number of fused-ring (bicyclic) bond motifs is 1. The van der Waals surface area contributed by atoms with Crippen LogP contribution in [-0.2, 0) is 29.2 Å². The molecule has 1 fully saturated rings. The number of amides is 2. The van der Waals surface area contributed by atoms with Gasteiger partial charge in [0.15, 0.2) is 6.61 Å². The van der Waals surface area contributed by atoms with Crippen molar-refractivity contribution in [2.75, 3.05) is 19.7 Å².